The Hall–Kier alpha value is -2.11. The quantitative estimate of drug-likeness (QED) is 0.858. The maximum absolute atomic E-state index is 6.73. The molecule has 4 atom stereocenters. The second-order valence-electron chi connectivity index (χ2n) is 8.46. The van der Waals surface area contributed by atoms with Gasteiger partial charge in [0.2, 0.25) is 0 Å². The first-order chi connectivity index (χ1) is 14.0. The van der Waals surface area contributed by atoms with Crippen molar-refractivity contribution in [2.45, 2.75) is 57.0 Å². The molecule has 4 rings (SSSR count). The second-order valence-corrected chi connectivity index (χ2v) is 8.46. The minimum absolute atomic E-state index is 0.125. The normalized spacial score (nSPS) is 26.9. The van der Waals surface area contributed by atoms with Crippen LogP contribution < -0.4 is 15.2 Å². The molecule has 1 unspecified atom stereocenters. The minimum Gasteiger partial charge on any atom is -0.493 e. The third-order valence-corrected chi connectivity index (χ3v) is 6.95. The van der Waals surface area contributed by atoms with Crippen molar-refractivity contribution in [3.8, 4) is 11.5 Å². The molecule has 0 radical (unpaired) electrons. The average molecular weight is 396 g/mol. The van der Waals surface area contributed by atoms with Gasteiger partial charge >= 0.3 is 0 Å². The Kier molecular flexibility index (Phi) is 5.79. The van der Waals surface area contributed by atoms with E-state index >= 15 is 0 Å². The van der Waals surface area contributed by atoms with Gasteiger partial charge < -0.3 is 15.2 Å². The van der Waals surface area contributed by atoms with Gasteiger partial charge in [0, 0.05) is 43.0 Å². The first kappa shape index (κ1) is 20.2. The zero-order valence-corrected chi connectivity index (χ0v) is 18.0. The van der Waals surface area contributed by atoms with Gasteiger partial charge in [-0.25, -0.2) is 0 Å². The highest BCUT2D eigenvalue weighted by Crippen LogP contribution is 2.42. The highest BCUT2D eigenvalue weighted by Gasteiger charge is 2.40. The van der Waals surface area contributed by atoms with Crippen molar-refractivity contribution in [2.75, 3.05) is 27.3 Å². The largest absolute Gasteiger partial charge is 0.493 e. The third-order valence-electron chi connectivity index (χ3n) is 6.95. The summed E-state index contributed by atoms with van der Waals surface area (Å²) in [5, 5.41) is 0. The Morgan fingerprint density at radius 1 is 1.17 bits per heavy atom. The number of rotatable bonds is 4. The fourth-order valence-corrected chi connectivity index (χ4v) is 5.17. The molecule has 29 heavy (non-hydrogen) atoms. The lowest BCUT2D eigenvalue weighted by Crippen LogP contribution is -2.53. The number of benzene rings is 1. The Bertz CT molecular complexity index is 869. The molecule has 2 aliphatic rings. The number of fused-ring (bicyclic) bond motifs is 2. The highest BCUT2D eigenvalue weighted by molar-refractivity contribution is 5.49. The smallest absolute Gasteiger partial charge is 0.161 e. The summed E-state index contributed by atoms with van der Waals surface area (Å²) >= 11 is 0. The molecular formula is C24H33N3O2. The molecule has 3 heterocycles. The number of nitrogens with two attached hydrogens (primary N) is 1. The van der Waals surface area contributed by atoms with E-state index in [1.165, 1.54) is 16.7 Å². The molecule has 0 bridgehead atoms. The van der Waals surface area contributed by atoms with Crippen molar-refractivity contribution in [1.29, 1.82) is 0 Å². The van der Waals surface area contributed by atoms with E-state index in [2.05, 4.69) is 48.0 Å². The number of aromatic nitrogens is 1. The van der Waals surface area contributed by atoms with Crippen molar-refractivity contribution >= 4 is 0 Å². The lowest BCUT2D eigenvalue weighted by Gasteiger charge is -2.44. The molecule has 0 aliphatic carbocycles. The van der Waals surface area contributed by atoms with E-state index in [4.69, 9.17) is 15.2 Å². The number of pyridine rings is 1. The summed E-state index contributed by atoms with van der Waals surface area (Å²) in [6.07, 6.45) is 4.96. The summed E-state index contributed by atoms with van der Waals surface area (Å²) in [5.41, 5.74) is 11.9. The van der Waals surface area contributed by atoms with Gasteiger partial charge in [0.05, 0.1) is 14.2 Å². The van der Waals surface area contributed by atoms with E-state index in [9.17, 15) is 0 Å². The van der Waals surface area contributed by atoms with Crippen molar-refractivity contribution in [3.63, 3.8) is 0 Å². The summed E-state index contributed by atoms with van der Waals surface area (Å²) in [6, 6.07) is 9.25. The molecule has 0 saturated carbocycles. The van der Waals surface area contributed by atoms with Crippen LogP contribution in [0, 0.1) is 0 Å². The maximum atomic E-state index is 6.73. The fourth-order valence-electron chi connectivity index (χ4n) is 5.17. The second kappa shape index (κ2) is 8.33. The molecule has 5 heteroatoms. The van der Waals surface area contributed by atoms with Crippen LogP contribution in [0.4, 0.5) is 0 Å². The third kappa shape index (κ3) is 3.74. The zero-order chi connectivity index (χ0) is 20.5. The average Bonchev–Trinajstić information content (AvgIpc) is 2.88. The van der Waals surface area contributed by atoms with Crippen molar-refractivity contribution in [1.82, 2.24) is 9.88 Å². The molecule has 1 saturated heterocycles. The predicted molar refractivity (Wildman–Crippen MR) is 116 cm³/mol. The molecule has 2 aliphatic heterocycles. The Labute approximate surface area is 174 Å². The van der Waals surface area contributed by atoms with Gasteiger partial charge in [0.1, 0.15) is 0 Å². The van der Waals surface area contributed by atoms with Crippen LogP contribution in [0.5, 0.6) is 11.5 Å². The number of hydrogen-bond acceptors (Lipinski definition) is 5. The molecule has 1 aromatic heterocycles. The summed E-state index contributed by atoms with van der Waals surface area (Å²) in [6.45, 7) is 6.52. The van der Waals surface area contributed by atoms with Crippen LogP contribution >= 0.6 is 0 Å². The predicted octanol–water partition coefficient (Wildman–Crippen LogP) is 3.51. The Morgan fingerprint density at radius 2 is 1.93 bits per heavy atom. The van der Waals surface area contributed by atoms with Crippen LogP contribution in [0.15, 0.2) is 30.5 Å². The molecule has 156 valence electrons. The van der Waals surface area contributed by atoms with Gasteiger partial charge in [0.25, 0.3) is 0 Å². The molecule has 2 aromatic rings. The molecule has 5 nitrogen and oxygen atoms in total. The van der Waals surface area contributed by atoms with E-state index in [1.807, 2.05) is 6.20 Å². The Balaban J connectivity index is 1.63. The molecular weight excluding hydrogens is 362 g/mol. The van der Waals surface area contributed by atoms with E-state index in [-0.39, 0.29) is 12.0 Å². The summed E-state index contributed by atoms with van der Waals surface area (Å²) in [4.78, 5) is 7.32. The van der Waals surface area contributed by atoms with Crippen LogP contribution in [-0.4, -0.2) is 49.3 Å². The van der Waals surface area contributed by atoms with Crippen molar-refractivity contribution in [2.24, 2.45) is 5.73 Å². The minimum atomic E-state index is 0.125. The van der Waals surface area contributed by atoms with Crippen molar-refractivity contribution < 1.29 is 9.47 Å². The summed E-state index contributed by atoms with van der Waals surface area (Å²) in [7, 11) is 3.41. The molecule has 0 spiro atoms. The SMILES string of the molecule is CCc1ccnc([C@H]2CN3CCc4cc(OC)c(OC)cc4[C@@H](C)C3C[C@@H]2N)c1. The first-order valence-corrected chi connectivity index (χ1v) is 10.7. The highest BCUT2D eigenvalue weighted by atomic mass is 16.5. The molecule has 2 N–H and O–H groups in total. The van der Waals surface area contributed by atoms with Gasteiger partial charge in [-0.1, -0.05) is 13.8 Å². The van der Waals surface area contributed by atoms with E-state index in [1.54, 1.807) is 14.2 Å². The number of hydrogen-bond donors (Lipinski definition) is 1. The van der Waals surface area contributed by atoms with Crippen LogP contribution in [0.25, 0.3) is 0 Å². The van der Waals surface area contributed by atoms with E-state index in [0.717, 1.165) is 49.5 Å². The lowest BCUT2D eigenvalue weighted by molar-refractivity contribution is 0.107. The number of piperidine rings is 1. The van der Waals surface area contributed by atoms with Crippen LogP contribution in [0.3, 0.4) is 0 Å². The lowest BCUT2D eigenvalue weighted by atomic mass is 9.79. The van der Waals surface area contributed by atoms with Crippen LogP contribution in [0.2, 0.25) is 0 Å². The molecule has 0 amide bonds. The number of ether oxygens (including phenoxy) is 2. The Morgan fingerprint density at radius 3 is 2.66 bits per heavy atom. The number of aryl methyl sites for hydroxylation is 1. The summed E-state index contributed by atoms with van der Waals surface area (Å²) < 4.78 is 11.1. The van der Waals surface area contributed by atoms with Crippen LogP contribution in [-0.2, 0) is 12.8 Å². The van der Waals surface area contributed by atoms with Gasteiger partial charge in [-0.3, -0.25) is 9.88 Å². The van der Waals surface area contributed by atoms with E-state index < -0.39 is 0 Å². The van der Waals surface area contributed by atoms with Gasteiger partial charge in [-0.05, 0) is 66.1 Å². The molecule has 1 fully saturated rings. The van der Waals surface area contributed by atoms with Gasteiger partial charge in [0.15, 0.2) is 11.5 Å². The summed E-state index contributed by atoms with van der Waals surface area (Å²) in [5.74, 6) is 2.31. The van der Waals surface area contributed by atoms with Crippen LogP contribution in [0.1, 0.15) is 54.5 Å². The topological polar surface area (TPSA) is 60.6 Å². The zero-order valence-electron chi connectivity index (χ0n) is 18.0. The monoisotopic (exact) mass is 395 g/mol. The van der Waals surface area contributed by atoms with Gasteiger partial charge in [-0.15, -0.1) is 0 Å². The molecule has 1 aromatic carbocycles. The first-order valence-electron chi connectivity index (χ1n) is 10.7. The van der Waals surface area contributed by atoms with Gasteiger partial charge in [-0.2, -0.15) is 0 Å². The maximum Gasteiger partial charge on any atom is 0.161 e. The van der Waals surface area contributed by atoms with E-state index in [0.29, 0.717) is 12.0 Å². The number of nitrogens with zero attached hydrogens (tertiary/aromatic N) is 2. The fraction of sp³-hybridized carbons (Fsp3) is 0.542. The van der Waals surface area contributed by atoms with Crippen molar-refractivity contribution in [3.05, 3.63) is 52.8 Å². The standard InChI is InChI=1S/C24H33N3O2/c1-5-16-6-8-26-21(10-16)19-14-27-9-7-17-11-23(28-3)24(29-4)12-18(17)15(2)22(27)13-20(19)25/h6,8,10-12,15,19-20,22H,5,7,9,13-14,25H2,1-4H3/t15-,19+,20+,22?/m1/s1. The number of methoxy groups -OCH3 is 2.